The number of nitrogens with zero attached hydrogens (tertiary/aromatic N) is 4. The third-order valence-electron chi connectivity index (χ3n) is 3.37. The van der Waals surface area contributed by atoms with Gasteiger partial charge in [-0.25, -0.2) is 4.98 Å². The van der Waals surface area contributed by atoms with Crippen molar-refractivity contribution in [3.63, 3.8) is 0 Å². The molecule has 7 heteroatoms. The summed E-state index contributed by atoms with van der Waals surface area (Å²) in [6.45, 7) is 2.86. The van der Waals surface area contributed by atoms with Gasteiger partial charge in [0.2, 0.25) is 0 Å². The third kappa shape index (κ3) is 2.42. The first-order valence-electron chi connectivity index (χ1n) is 6.50. The number of H-pyrrole nitrogens is 1. The van der Waals surface area contributed by atoms with E-state index in [0.29, 0.717) is 24.6 Å². The summed E-state index contributed by atoms with van der Waals surface area (Å²) in [6, 6.07) is 7.40. The molecule has 0 saturated carbocycles. The number of rotatable bonds is 2. The highest BCUT2D eigenvalue weighted by Gasteiger charge is 2.23. The van der Waals surface area contributed by atoms with E-state index < -0.39 is 0 Å². The van der Waals surface area contributed by atoms with Crippen LogP contribution in [0.1, 0.15) is 10.5 Å². The molecule has 1 fully saturated rings. The molecule has 1 saturated heterocycles. The first-order chi connectivity index (χ1) is 9.74. The van der Waals surface area contributed by atoms with E-state index in [1.165, 1.54) is 0 Å². The van der Waals surface area contributed by atoms with Crippen molar-refractivity contribution < 1.29 is 4.79 Å². The fourth-order valence-corrected chi connectivity index (χ4v) is 2.30. The Hall–Kier alpha value is -2.57. The number of amides is 1. The molecule has 0 spiro atoms. The van der Waals surface area contributed by atoms with Gasteiger partial charge in [-0.1, -0.05) is 6.07 Å². The molecule has 0 bridgehead atoms. The van der Waals surface area contributed by atoms with Gasteiger partial charge in [0.05, 0.1) is 0 Å². The average molecular weight is 272 g/mol. The van der Waals surface area contributed by atoms with Gasteiger partial charge in [0.15, 0.2) is 0 Å². The number of nitrogen functional groups attached to an aromatic ring is 1. The Balaban J connectivity index is 1.63. The minimum absolute atomic E-state index is 0.0603. The number of nitrogens with one attached hydrogen (secondary N) is 1. The summed E-state index contributed by atoms with van der Waals surface area (Å²) in [7, 11) is 0. The van der Waals surface area contributed by atoms with E-state index in [1.807, 2.05) is 18.2 Å². The maximum absolute atomic E-state index is 12.2. The molecule has 104 valence electrons. The van der Waals surface area contributed by atoms with Crippen LogP contribution in [0.2, 0.25) is 0 Å². The lowest BCUT2D eigenvalue weighted by Crippen LogP contribution is -2.49. The predicted molar refractivity (Wildman–Crippen MR) is 75.4 cm³/mol. The lowest BCUT2D eigenvalue weighted by molar-refractivity contribution is 0.0740. The zero-order valence-electron chi connectivity index (χ0n) is 11.0. The fourth-order valence-electron chi connectivity index (χ4n) is 2.30. The van der Waals surface area contributed by atoms with Crippen molar-refractivity contribution in [1.29, 1.82) is 0 Å². The SMILES string of the molecule is Nc1cc(C(=O)N2CCN(c3ccccn3)CC2)[nH]n1. The molecule has 2 aromatic rings. The molecule has 2 aromatic heterocycles. The minimum Gasteiger partial charge on any atom is -0.382 e. The Morgan fingerprint density at radius 3 is 2.65 bits per heavy atom. The Bertz CT molecular complexity index is 588. The number of carbonyl (C=O) groups excluding carboxylic acids is 1. The van der Waals surface area contributed by atoms with Crippen LogP contribution in [0.3, 0.4) is 0 Å². The molecule has 0 unspecified atom stereocenters. The van der Waals surface area contributed by atoms with Crippen LogP contribution in [-0.2, 0) is 0 Å². The van der Waals surface area contributed by atoms with Crippen molar-refractivity contribution in [3.05, 3.63) is 36.2 Å². The molecule has 7 nitrogen and oxygen atoms in total. The second-order valence-electron chi connectivity index (χ2n) is 4.67. The molecule has 1 aliphatic heterocycles. The summed E-state index contributed by atoms with van der Waals surface area (Å²) >= 11 is 0. The van der Waals surface area contributed by atoms with Crippen LogP contribution in [0, 0.1) is 0 Å². The van der Waals surface area contributed by atoms with Crippen molar-refractivity contribution in [2.45, 2.75) is 0 Å². The number of anilines is 2. The number of aromatic nitrogens is 3. The topological polar surface area (TPSA) is 91.1 Å². The summed E-state index contributed by atoms with van der Waals surface area (Å²) in [6.07, 6.45) is 1.78. The van der Waals surface area contributed by atoms with Crippen LogP contribution in [-0.4, -0.2) is 52.2 Å². The minimum atomic E-state index is -0.0603. The quantitative estimate of drug-likeness (QED) is 0.823. The predicted octanol–water partition coefficient (Wildman–Crippen LogP) is 0.349. The molecule has 1 amide bonds. The Morgan fingerprint density at radius 1 is 1.25 bits per heavy atom. The molecule has 3 rings (SSSR count). The highest BCUT2D eigenvalue weighted by atomic mass is 16.2. The van der Waals surface area contributed by atoms with Gasteiger partial charge >= 0.3 is 0 Å². The number of aromatic amines is 1. The third-order valence-corrected chi connectivity index (χ3v) is 3.37. The Labute approximate surface area is 116 Å². The normalized spacial score (nSPS) is 15.4. The standard InChI is InChI=1S/C13H16N6O/c14-11-9-10(16-17-11)13(20)19-7-5-18(6-8-19)12-3-1-2-4-15-12/h1-4,9H,5-8H2,(H3,14,16,17). The van der Waals surface area contributed by atoms with E-state index in [9.17, 15) is 4.79 Å². The fraction of sp³-hybridized carbons (Fsp3) is 0.308. The van der Waals surface area contributed by atoms with Gasteiger partial charge in [-0.05, 0) is 12.1 Å². The van der Waals surface area contributed by atoms with Crippen LogP contribution in [0.25, 0.3) is 0 Å². The van der Waals surface area contributed by atoms with Crippen molar-refractivity contribution in [3.8, 4) is 0 Å². The second-order valence-corrected chi connectivity index (χ2v) is 4.67. The molecule has 1 aliphatic rings. The van der Waals surface area contributed by atoms with Crippen LogP contribution < -0.4 is 10.6 Å². The maximum Gasteiger partial charge on any atom is 0.272 e. The molecular formula is C13H16N6O. The molecule has 20 heavy (non-hydrogen) atoms. The number of pyridine rings is 1. The van der Waals surface area contributed by atoms with Gasteiger partial charge in [-0.3, -0.25) is 9.89 Å². The van der Waals surface area contributed by atoms with Gasteiger partial charge in [0.25, 0.3) is 5.91 Å². The molecule has 0 aliphatic carbocycles. The van der Waals surface area contributed by atoms with Gasteiger partial charge < -0.3 is 15.5 Å². The highest BCUT2D eigenvalue weighted by Crippen LogP contribution is 2.14. The molecular weight excluding hydrogens is 256 g/mol. The largest absolute Gasteiger partial charge is 0.382 e. The van der Waals surface area contributed by atoms with E-state index in [1.54, 1.807) is 17.2 Å². The van der Waals surface area contributed by atoms with E-state index >= 15 is 0 Å². The monoisotopic (exact) mass is 272 g/mol. The molecule has 0 aromatic carbocycles. The van der Waals surface area contributed by atoms with Crippen molar-refractivity contribution in [2.24, 2.45) is 0 Å². The number of hydrogen-bond acceptors (Lipinski definition) is 5. The lowest BCUT2D eigenvalue weighted by atomic mass is 10.2. The number of nitrogens with two attached hydrogens (primary N) is 1. The van der Waals surface area contributed by atoms with Crippen LogP contribution in [0.5, 0.6) is 0 Å². The van der Waals surface area contributed by atoms with Crippen molar-refractivity contribution in [2.75, 3.05) is 36.8 Å². The molecule has 0 radical (unpaired) electrons. The zero-order valence-corrected chi connectivity index (χ0v) is 11.0. The summed E-state index contributed by atoms with van der Waals surface area (Å²) in [5, 5.41) is 6.43. The van der Waals surface area contributed by atoms with E-state index in [0.717, 1.165) is 18.9 Å². The number of carbonyl (C=O) groups is 1. The summed E-state index contributed by atoms with van der Waals surface area (Å²) < 4.78 is 0. The van der Waals surface area contributed by atoms with Crippen LogP contribution in [0.15, 0.2) is 30.5 Å². The Kier molecular flexibility index (Phi) is 3.24. The second kappa shape index (κ2) is 5.20. The van der Waals surface area contributed by atoms with Crippen LogP contribution in [0.4, 0.5) is 11.6 Å². The average Bonchev–Trinajstić information content (AvgIpc) is 2.94. The number of piperazine rings is 1. The van der Waals surface area contributed by atoms with Gasteiger partial charge in [0, 0.05) is 38.4 Å². The van der Waals surface area contributed by atoms with Crippen molar-refractivity contribution in [1.82, 2.24) is 20.1 Å². The summed E-state index contributed by atoms with van der Waals surface area (Å²) in [4.78, 5) is 20.5. The zero-order chi connectivity index (χ0) is 13.9. The Morgan fingerprint density at radius 2 is 2.05 bits per heavy atom. The van der Waals surface area contributed by atoms with Crippen molar-refractivity contribution >= 4 is 17.5 Å². The lowest BCUT2D eigenvalue weighted by Gasteiger charge is -2.35. The molecule has 3 N–H and O–H groups in total. The molecule has 3 heterocycles. The maximum atomic E-state index is 12.2. The first-order valence-corrected chi connectivity index (χ1v) is 6.50. The number of hydrogen-bond donors (Lipinski definition) is 2. The summed E-state index contributed by atoms with van der Waals surface area (Å²) in [5.74, 6) is 1.22. The van der Waals surface area contributed by atoms with Gasteiger partial charge in [0.1, 0.15) is 17.3 Å². The first kappa shape index (κ1) is 12.5. The summed E-state index contributed by atoms with van der Waals surface area (Å²) in [5.41, 5.74) is 5.95. The molecule has 0 atom stereocenters. The van der Waals surface area contributed by atoms with Crippen LogP contribution >= 0.6 is 0 Å². The van der Waals surface area contributed by atoms with E-state index in [-0.39, 0.29) is 5.91 Å². The van der Waals surface area contributed by atoms with E-state index in [4.69, 9.17) is 5.73 Å². The smallest absolute Gasteiger partial charge is 0.272 e. The highest BCUT2D eigenvalue weighted by molar-refractivity contribution is 5.93. The van der Waals surface area contributed by atoms with Gasteiger partial charge in [-0.15, -0.1) is 0 Å². The van der Waals surface area contributed by atoms with Gasteiger partial charge in [-0.2, -0.15) is 5.10 Å². The van der Waals surface area contributed by atoms with E-state index in [2.05, 4.69) is 20.1 Å².